The summed E-state index contributed by atoms with van der Waals surface area (Å²) in [5.41, 5.74) is 2.09. The van der Waals surface area contributed by atoms with Gasteiger partial charge < -0.3 is 14.7 Å². The number of thioether (sulfide) groups is 1. The second kappa shape index (κ2) is 7.93. The minimum Gasteiger partial charge on any atom is -0.497 e. The van der Waals surface area contributed by atoms with Crippen molar-refractivity contribution in [1.82, 2.24) is 0 Å². The lowest BCUT2D eigenvalue weighted by atomic mass is 10.2. The van der Waals surface area contributed by atoms with E-state index < -0.39 is 5.97 Å². The lowest BCUT2D eigenvalue weighted by Gasteiger charge is -2.13. The van der Waals surface area contributed by atoms with E-state index in [4.69, 9.17) is 9.84 Å². The van der Waals surface area contributed by atoms with Crippen molar-refractivity contribution in [3.63, 3.8) is 0 Å². The molecule has 1 N–H and O–H groups in total. The highest BCUT2D eigenvalue weighted by molar-refractivity contribution is 8.03. The van der Waals surface area contributed by atoms with Gasteiger partial charge in [-0.1, -0.05) is 17.8 Å². The number of hydrogen-bond acceptors (Lipinski definition) is 5. The van der Waals surface area contributed by atoms with Gasteiger partial charge >= 0.3 is 5.97 Å². The van der Waals surface area contributed by atoms with Crippen LogP contribution < -0.4 is 9.64 Å². The van der Waals surface area contributed by atoms with Gasteiger partial charge in [-0.15, -0.1) is 0 Å². The predicted molar refractivity (Wildman–Crippen MR) is 106 cm³/mol. The third kappa shape index (κ3) is 3.97. The number of nitrogens with zero attached hydrogens (tertiary/aromatic N) is 2. The zero-order valence-corrected chi connectivity index (χ0v) is 15.2. The fraction of sp³-hybridized carbons (Fsp3) is 0.100. The summed E-state index contributed by atoms with van der Waals surface area (Å²) < 4.78 is 5.28. The molecule has 6 heteroatoms. The lowest BCUT2D eigenvalue weighted by Crippen LogP contribution is -2.09. The number of rotatable bonds is 5. The molecular weight excluding hydrogens is 348 g/mol. The SMILES string of the molecule is COc1ccc2c(c1)N(C)C(=CC=CC=Nc1ccc(C(=O)O)cc1)S2. The number of carbonyl (C=O) groups is 1. The highest BCUT2D eigenvalue weighted by Gasteiger charge is 2.21. The second-order valence-electron chi connectivity index (χ2n) is 5.51. The first-order valence-corrected chi connectivity index (χ1v) is 8.74. The molecular formula is C20H18N2O3S. The fourth-order valence-electron chi connectivity index (χ4n) is 2.42. The molecule has 0 saturated carbocycles. The summed E-state index contributed by atoms with van der Waals surface area (Å²) in [4.78, 5) is 18.4. The number of benzene rings is 2. The van der Waals surface area contributed by atoms with E-state index in [0.717, 1.165) is 16.5 Å². The number of aliphatic imine (C=N–C) groups is 1. The maximum absolute atomic E-state index is 10.8. The van der Waals surface area contributed by atoms with Crippen LogP contribution >= 0.6 is 11.8 Å². The van der Waals surface area contributed by atoms with E-state index in [1.165, 1.54) is 17.0 Å². The Morgan fingerprint density at radius 2 is 1.96 bits per heavy atom. The lowest BCUT2D eigenvalue weighted by molar-refractivity contribution is 0.0697. The number of fused-ring (bicyclic) bond motifs is 1. The number of methoxy groups -OCH3 is 1. The van der Waals surface area contributed by atoms with Crippen LogP contribution in [0.1, 0.15) is 10.4 Å². The summed E-state index contributed by atoms with van der Waals surface area (Å²) in [5.74, 6) is -0.0992. The standard InChI is InChI=1S/C20H18N2O3S/c1-22-17-13-16(25-2)10-11-18(17)26-19(22)5-3-4-12-21-15-8-6-14(7-9-15)20(23)24/h3-13H,1-2H3,(H,23,24). The van der Waals surface area contributed by atoms with Crippen molar-refractivity contribution in [2.75, 3.05) is 19.1 Å². The molecule has 0 unspecified atom stereocenters. The van der Waals surface area contributed by atoms with Gasteiger partial charge in [0, 0.05) is 24.2 Å². The minimum absolute atomic E-state index is 0.252. The van der Waals surface area contributed by atoms with E-state index in [0.29, 0.717) is 5.69 Å². The van der Waals surface area contributed by atoms with Gasteiger partial charge in [-0.25, -0.2) is 4.79 Å². The Morgan fingerprint density at radius 1 is 1.19 bits per heavy atom. The van der Waals surface area contributed by atoms with Crippen LogP contribution in [0.25, 0.3) is 0 Å². The van der Waals surface area contributed by atoms with Crippen LogP contribution in [0.2, 0.25) is 0 Å². The highest BCUT2D eigenvalue weighted by atomic mass is 32.2. The van der Waals surface area contributed by atoms with Crippen molar-refractivity contribution in [2.24, 2.45) is 4.99 Å². The van der Waals surface area contributed by atoms with E-state index in [1.807, 2.05) is 37.4 Å². The van der Waals surface area contributed by atoms with Crippen LogP contribution in [0, 0.1) is 0 Å². The summed E-state index contributed by atoms with van der Waals surface area (Å²) in [7, 11) is 3.69. The summed E-state index contributed by atoms with van der Waals surface area (Å²) in [6.07, 6.45) is 7.48. The van der Waals surface area contributed by atoms with E-state index in [-0.39, 0.29) is 5.56 Å². The molecule has 3 rings (SSSR count). The Labute approximate surface area is 156 Å². The first kappa shape index (κ1) is 17.8. The summed E-state index contributed by atoms with van der Waals surface area (Å²) in [6, 6.07) is 12.5. The average molecular weight is 366 g/mol. The topological polar surface area (TPSA) is 62.1 Å². The van der Waals surface area contributed by atoms with E-state index in [2.05, 4.69) is 16.0 Å². The molecule has 0 amide bonds. The molecule has 132 valence electrons. The Balaban J connectivity index is 1.63. The first-order chi connectivity index (χ1) is 12.6. The molecule has 2 aromatic carbocycles. The summed E-state index contributed by atoms with van der Waals surface area (Å²) in [6.45, 7) is 0. The van der Waals surface area contributed by atoms with Gasteiger partial charge in [-0.2, -0.15) is 0 Å². The molecule has 0 spiro atoms. The van der Waals surface area contributed by atoms with Crippen LogP contribution in [-0.2, 0) is 0 Å². The third-order valence-corrected chi connectivity index (χ3v) is 5.03. The minimum atomic E-state index is -0.941. The molecule has 0 fully saturated rings. The fourth-order valence-corrected chi connectivity index (χ4v) is 3.47. The molecule has 1 aliphatic rings. The van der Waals surface area contributed by atoms with Crippen LogP contribution in [0.15, 0.2) is 75.6 Å². The van der Waals surface area contributed by atoms with Crippen LogP contribution in [0.4, 0.5) is 11.4 Å². The monoisotopic (exact) mass is 366 g/mol. The van der Waals surface area contributed by atoms with Crippen molar-refractivity contribution in [2.45, 2.75) is 4.90 Å². The Morgan fingerprint density at radius 3 is 2.65 bits per heavy atom. The maximum atomic E-state index is 10.8. The van der Waals surface area contributed by atoms with Gasteiger partial charge in [0.1, 0.15) is 5.75 Å². The smallest absolute Gasteiger partial charge is 0.335 e. The van der Waals surface area contributed by atoms with Crippen molar-refractivity contribution in [3.8, 4) is 5.75 Å². The normalized spacial score (nSPS) is 15.2. The number of carboxylic acid groups (broad SMARTS) is 1. The van der Waals surface area contributed by atoms with Crippen molar-refractivity contribution >= 4 is 35.3 Å². The highest BCUT2D eigenvalue weighted by Crippen LogP contribution is 2.46. The van der Waals surface area contributed by atoms with Gasteiger partial charge in [0.05, 0.1) is 29.1 Å². The van der Waals surface area contributed by atoms with Gasteiger partial charge in [0.15, 0.2) is 0 Å². The van der Waals surface area contributed by atoms with Gasteiger partial charge in [0.25, 0.3) is 0 Å². The molecule has 2 aromatic rings. The molecule has 1 aliphatic heterocycles. The van der Waals surface area contributed by atoms with Crippen LogP contribution in [-0.4, -0.2) is 31.4 Å². The summed E-state index contributed by atoms with van der Waals surface area (Å²) >= 11 is 1.70. The number of aromatic carboxylic acids is 1. The number of carboxylic acids is 1. The maximum Gasteiger partial charge on any atom is 0.335 e. The van der Waals surface area contributed by atoms with Crippen molar-refractivity contribution in [1.29, 1.82) is 0 Å². The molecule has 0 aliphatic carbocycles. The number of allylic oxidation sites excluding steroid dienone is 3. The van der Waals surface area contributed by atoms with Crippen LogP contribution in [0.3, 0.4) is 0 Å². The molecule has 0 atom stereocenters. The van der Waals surface area contributed by atoms with E-state index >= 15 is 0 Å². The van der Waals surface area contributed by atoms with E-state index in [9.17, 15) is 4.79 Å². The van der Waals surface area contributed by atoms with Crippen molar-refractivity contribution in [3.05, 3.63) is 71.3 Å². The molecule has 26 heavy (non-hydrogen) atoms. The second-order valence-corrected chi connectivity index (χ2v) is 6.58. The Kier molecular flexibility index (Phi) is 5.43. The molecule has 0 saturated heterocycles. The third-order valence-electron chi connectivity index (χ3n) is 3.85. The number of ether oxygens (including phenoxy) is 1. The van der Waals surface area contributed by atoms with Gasteiger partial charge in [0.2, 0.25) is 0 Å². The number of anilines is 1. The molecule has 0 radical (unpaired) electrons. The Hall–Kier alpha value is -2.99. The zero-order valence-electron chi connectivity index (χ0n) is 14.4. The summed E-state index contributed by atoms with van der Waals surface area (Å²) in [5, 5.41) is 9.99. The number of hydrogen-bond donors (Lipinski definition) is 1. The molecule has 0 bridgehead atoms. The van der Waals surface area contributed by atoms with Crippen molar-refractivity contribution < 1.29 is 14.6 Å². The first-order valence-electron chi connectivity index (χ1n) is 7.92. The molecule has 0 aromatic heterocycles. The zero-order chi connectivity index (χ0) is 18.5. The van der Waals surface area contributed by atoms with E-state index in [1.54, 1.807) is 37.2 Å². The Bertz CT molecular complexity index is 902. The average Bonchev–Trinajstić information content (AvgIpc) is 2.97. The quantitative estimate of drug-likeness (QED) is 0.775. The predicted octanol–water partition coefficient (Wildman–Crippen LogP) is 4.74. The van der Waals surface area contributed by atoms with Gasteiger partial charge in [-0.3, -0.25) is 4.99 Å². The van der Waals surface area contributed by atoms with Gasteiger partial charge in [-0.05, 0) is 48.6 Å². The largest absolute Gasteiger partial charge is 0.497 e. The van der Waals surface area contributed by atoms with Crippen LogP contribution in [0.5, 0.6) is 5.75 Å². The molecule has 1 heterocycles. The molecule has 5 nitrogen and oxygen atoms in total.